The quantitative estimate of drug-likeness (QED) is 0.649. The molecular formula is C15H21ClN4. The first-order chi connectivity index (χ1) is 9.56. The molecule has 2 saturated heterocycles. The largest absolute Gasteiger partial charge is 0.384 e. The fourth-order valence-corrected chi connectivity index (χ4v) is 3.67. The number of benzene rings is 1. The maximum Gasteiger partial charge on any atom is 0.124 e. The number of piperazine rings is 1. The summed E-state index contributed by atoms with van der Waals surface area (Å²) in [7, 11) is 0. The highest BCUT2D eigenvalue weighted by molar-refractivity contribution is 6.31. The lowest BCUT2D eigenvalue weighted by Crippen LogP contribution is -2.55. The van der Waals surface area contributed by atoms with Crippen LogP contribution in [0.5, 0.6) is 0 Å². The molecule has 3 rings (SSSR count). The molecule has 5 heteroatoms. The van der Waals surface area contributed by atoms with Gasteiger partial charge in [0.15, 0.2) is 0 Å². The molecule has 3 N–H and O–H groups in total. The van der Waals surface area contributed by atoms with Crippen molar-refractivity contribution in [3.8, 4) is 0 Å². The lowest BCUT2D eigenvalue weighted by atomic mass is 10.0. The third-order valence-corrected chi connectivity index (χ3v) is 4.73. The van der Waals surface area contributed by atoms with Crippen molar-refractivity contribution in [1.82, 2.24) is 4.90 Å². The van der Waals surface area contributed by atoms with Crippen molar-refractivity contribution in [2.45, 2.75) is 31.8 Å². The highest BCUT2D eigenvalue weighted by Crippen LogP contribution is 2.31. The third kappa shape index (κ3) is 2.38. The molecule has 2 aliphatic heterocycles. The summed E-state index contributed by atoms with van der Waals surface area (Å²) in [4.78, 5) is 4.98. The molecule has 0 saturated carbocycles. The summed E-state index contributed by atoms with van der Waals surface area (Å²) in [5.74, 6) is 0.0866. The molecular weight excluding hydrogens is 272 g/mol. The maximum atomic E-state index is 7.79. The number of anilines is 1. The van der Waals surface area contributed by atoms with E-state index in [9.17, 15) is 0 Å². The molecule has 2 unspecified atom stereocenters. The molecule has 0 aliphatic carbocycles. The van der Waals surface area contributed by atoms with Crippen molar-refractivity contribution < 1.29 is 0 Å². The predicted octanol–water partition coefficient (Wildman–Crippen LogP) is 2.30. The SMILES string of the molecule is CC1CN2CCCC2CN1c1ccc(Cl)cc1C(=N)N. The highest BCUT2D eigenvalue weighted by Gasteiger charge is 2.35. The number of fused-ring (bicyclic) bond motifs is 1. The van der Waals surface area contributed by atoms with E-state index in [0.29, 0.717) is 17.1 Å². The Morgan fingerprint density at radius 2 is 2.20 bits per heavy atom. The van der Waals surface area contributed by atoms with Crippen molar-refractivity contribution in [3.05, 3.63) is 28.8 Å². The van der Waals surface area contributed by atoms with Gasteiger partial charge in [-0.15, -0.1) is 0 Å². The average Bonchev–Trinajstić information content (AvgIpc) is 2.85. The van der Waals surface area contributed by atoms with Crippen molar-refractivity contribution in [2.75, 3.05) is 24.5 Å². The van der Waals surface area contributed by atoms with Crippen LogP contribution < -0.4 is 10.6 Å². The Morgan fingerprint density at radius 1 is 1.40 bits per heavy atom. The summed E-state index contributed by atoms with van der Waals surface area (Å²) >= 11 is 6.05. The summed E-state index contributed by atoms with van der Waals surface area (Å²) in [6.07, 6.45) is 2.57. The van der Waals surface area contributed by atoms with E-state index in [0.717, 1.165) is 24.3 Å². The van der Waals surface area contributed by atoms with E-state index < -0.39 is 0 Å². The smallest absolute Gasteiger partial charge is 0.124 e. The highest BCUT2D eigenvalue weighted by atomic mass is 35.5. The zero-order chi connectivity index (χ0) is 14.3. The molecule has 0 spiro atoms. The molecule has 1 aromatic carbocycles. The van der Waals surface area contributed by atoms with Crippen molar-refractivity contribution >= 4 is 23.1 Å². The normalized spacial score (nSPS) is 26.6. The van der Waals surface area contributed by atoms with Gasteiger partial charge in [0, 0.05) is 41.4 Å². The standard InChI is InChI=1S/C15H21ClN4/c1-10-8-19-6-2-3-12(19)9-20(10)14-5-4-11(16)7-13(14)15(17)18/h4-5,7,10,12H,2-3,6,8-9H2,1H3,(H3,17,18). The maximum absolute atomic E-state index is 7.79. The molecule has 0 bridgehead atoms. The van der Waals surface area contributed by atoms with Gasteiger partial charge in [0.2, 0.25) is 0 Å². The Balaban J connectivity index is 1.93. The van der Waals surface area contributed by atoms with Crippen LogP contribution in [-0.2, 0) is 0 Å². The number of halogens is 1. The second-order valence-electron chi connectivity index (χ2n) is 5.87. The summed E-state index contributed by atoms with van der Waals surface area (Å²) < 4.78 is 0. The van der Waals surface area contributed by atoms with Crippen LogP contribution in [0.4, 0.5) is 5.69 Å². The van der Waals surface area contributed by atoms with Crippen LogP contribution in [0.2, 0.25) is 5.02 Å². The van der Waals surface area contributed by atoms with Gasteiger partial charge in [-0.25, -0.2) is 0 Å². The Hall–Kier alpha value is -1.26. The van der Waals surface area contributed by atoms with E-state index in [1.165, 1.54) is 19.4 Å². The first-order valence-corrected chi connectivity index (χ1v) is 7.58. The van der Waals surface area contributed by atoms with Gasteiger partial charge in [-0.2, -0.15) is 0 Å². The van der Waals surface area contributed by atoms with Crippen LogP contribution in [-0.4, -0.2) is 42.5 Å². The molecule has 0 radical (unpaired) electrons. The first-order valence-electron chi connectivity index (χ1n) is 7.21. The van der Waals surface area contributed by atoms with Gasteiger partial charge in [0.25, 0.3) is 0 Å². The van der Waals surface area contributed by atoms with E-state index in [2.05, 4.69) is 16.7 Å². The van der Waals surface area contributed by atoms with Gasteiger partial charge in [-0.1, -0.05) is 11.6 Å². The average molecular weight is 293 g/mol. The van der Waals surface area contributed by atoms with Gasteiger partial charge in [-0.3, -0.25) is 10.3 Å². The van der Waals surface area contributed by atoms with Crippen molar-refractivity contribution in [2.24, 2.45) is 5.73 Å². The third-order valence-electron chi connectivity index (χ3n) is 4.50. The number of nitrogen functional groups attached to an aromatic ring is 1. The fraction of sp³-hybridized carbons (Fsp3) is 0.533. The minimum atomic E-state index is 0.0866. The van der Waals surface area contributed by atoms with Gasteiger partial charge in [0.1, 0.15) is 5.84 Å². The molecule has 2 aliphatic rings. The Morgan fingerprint density at radius 3 is 2.95 bits per heavy atom. The Bertz CT molecular complexity index is 531. The number of hydrogen-bond acceptors (Lipinski definition) is 3. The molecule has 20 heavy (non-hydrogen) atoms. The van der Waals surface area contributed by atoms with E-state index in [1.54, 1.807) is 6.07 Å². The molecule has 4 nitrogen and oxygen atoms in total. The lowest BCUT2D eigenvalue weighted by molar-refractivity contribution is 0.203. The van der Waals surface area contributed by atoms with Crippen LogP contribution in [0.1, 0.15) is 25.3 Å². The second-order valence-corrected chi connectivity index (χ2v) is 6.30. The van der Waals surface area contributed by atoms with Gasteiger partial charge in [-0.05, 0) is 44.5 Å². The zero-order valence-corrected chi connectivity index (χ0v) is 12.5. The molecule has 2 atom stereocenters. The van der Waals surface area contributed by atoms with Gasteiger partial charge < -0.3 is 10.6 Å². The molecule has 2 heterocycles. The minimum absolute atomic E-state index is 0.0866. The first kappa shape index (κ1) is 13.7. The van der Waals surface area contributed by atoms with Crippen LogP contribution >= 0.6 is 11.6 Å². The summed E-state index contributed by atoms with van der Waals surface area (Å²) in [5, 5.41) is 8.42. The molecule has 1 aromatic rings. The van der Waals surface area contributed by atoms with E-state index in [1.807, 2.05) is 12.1 Å². The number of nitrogens with one attached hydrogen (secondary N) is 1. The predicted molar refractivity (Wildman–Crippen MR) is 83.9 cm³/mol. The van der Waals surface area contributed by atoms with Gasteiger partial charge in [0.05, 0.1) is 0 Å². The molecule has 2 fully saturated rings. The van der Waals surface area contributed by atoms with Crippen LogP contribution in [0.3, 0.4) is 0 Å². The van der Waals surface area contributed by atoms with E-state index >= 15 is 0 Å². The van der Waals surface area contributed by atoms with Crippen LogP contribution in [0.25, 0.3) is 0 Å². The van der Waals surface area contributed by atoms with Crippen molar-refractivity contribution in [1.29, 1.82) is 5.41 Å². The number of amidine groups is 1. The van der Waals surface area contributed by atoms with Crippen molar-refractivity contribution in [3.63, 3.8) is 0 Å². The van der Waals surface area contributed by atoms with E-state index in [-0.39, 0.29) is 5.84 Å². The summed E-state index contributed by atoms with van der Waals surface area (Å²) in [5.41, 5.74) is 7.52. The number of rotatable bonds is 2. The minimum Gasteiger partial charge on any atom is -0.384 e. The second kappa shape index (κ2) is 5.26. The Kier molecular flexibility index (Phi) is 3.61. The molecule has 0 aromatic heterocycles. The van der Waals surface area contributed by atoms with E-state index in [4.69, 9.17) is 22.7 Å². The fourth-order valence-electron chi connectivity index (χ4n) is 3.50. The lowest BCUT2D eigenvalue weighted by Gasteiger charge is -2.44. The number of hydrogen-bond donors (Lipinski definition) is 2. The topological polar surface area (TPSA) is 56.4 Å². The molecule has 108 valence electrons. The molecule has 0 amide bonds. The summed E-state index contributed by atoms with van der Waals surface area (Å²) in [6.45, 7) is 5.57. The Labute approximate surface area is 125 Å². The summed E-state index contributed by atoms with van der Waals surface area (Å²) in [6, 6.07) is 6.76. The number of nitrogens with zero attached hydrogens (tertiary/aromatic N) is 2. The van der Waals surface area contributed by atoms with Crippen LogP contribution in [0.15, 0.2) is 18.2 Å². The monoisotopic (exact) mass is 292 g/mol. The van der Waals surface area contributed by atoms with Gasteiger partial charge >= 0.3 is 0 Å². The zero-order valence-electron chi connectivity index (χ0n) is 11.8. The number of nitrogens with two attached hydrogens (primary N) is 1. The van der Waals surface area contributed by atoms with Crippen LogP contribution in [0, 0.1) is 5.41 Å².